The summed E-state index contributed by atoms with van der Waals surface area (Å²) >= 11 is 3.06. The molecule has 1 heterocycles. The fourth-order valence-electron chi connectivity index (χ4n) is 5.39. The minimum Gasteiger partial charge on any atom is -0.507 e. The molecule has 0 atom stereocenters. The summed E-state index contributed by atoms with van der Waals surface area (Å²) in [6.45, 7) is 7.20. The van der Waals surface area contributed by atoms with Gasteiger partial charge in [0.2, 0.25) is 0 Å². The average Bonchev–Trinajstić information content (AvgIpc) is 3.57. The van der Waals surface area contributed by atoms with E-state index in [4.69, 9.17) is 29.2 Å². The van der Waals surface area contributed by atoms with E-state index in [9.17, 15) is 32.7 Å². The minimum absolute atomic E-state index is 0.00157. The third-order valence-electron chi connectivity index (χ3n) is 8.34. The molecule has 3 N–H and O–H groups in total. The quantitative estimate of drug-likeness (QED) is 0.0410. The van der Waals surface area contributed by atoms with E-state index in [1.165, 1.54) is 30.4 Å². The lowest BCUT2D eigenvalue weighted by Crippen LogP contribution is -2.09. The third-order valence-corrected chi connectivity index (χ3v) is 10.7. The van der Waals surface area contributed by atoms with Crippen LogP contribution in [-0.2, 0) is 27.9 Å². The summed E-state index contributed by atoms with van der Waals surface area (Å²) in [4.78, 5) is 39.2. The van der Waals surface area contributed by atoms with E-state index in [0.29, 0.717) is 76.5 Å². The van der Waals surface area contributed by atoms with Crippen LogP contribution in [0.4, 0.5) is 13.2 Å². The van der Waals surface area contributed by atoms with Crippen LogP contribution >= 0.6 is 23.1 Å². The van der Waals surface area contributed by atoms with Crippen molar-refractivity contribution in [3.8, 4) is 39.3 Å². The van der Waals surface area contributed by atoms with Gasteiger partial charge in [-0.15, -0.1) is 23.1 Å². The number of aromatic nitrogens is 1. The molecule has 0 amide bonds. The SMILES string of the molecule is CCCc1c(OCCCOc2ccc(OCC(=O)O)cc2)ccc(C(C)=O)c1O.Cc1cc(SCc2sc(-c3ccc(C(F)(F)F)cc3)nc2C)ccc1OCC(=O)O. The number of thioether (sulfide) groups is 1. The maximum Gasteiger partial charge on any atom is 0.416 e. The standard InChI is InChI=1S/C22H26O7.C21H18F3NO3S2/c1-3-5-19-20(11-10-18(15(2)23)22(19)26)28-13-4-12-27-16-6-8-17(9-7-16)29-14-21(24)25;1-12-9-16(7-8-17(12)28-10-19(26)27)29-11-18-13(2)25-20(30-18)14-3-5-15(6-4-14)21(22,23)24/h6-11,26H,3-5,12-14H2,1-2H3,(H,24,25);3-9H,10-11H2,1-2H3,(H,26,27). The Morgan fingerprint density at radius 2 is 1.41 bits per heavy atom. The highest BCUT2D eigenvalue weighted by Gasteiger charge is 2.30. The molecule has 0 spiro atoms. The van der Waals surface area contributed by atoms with Gasteiger partial charge in [0.1, 0.15) is 33.8 Å². The number of benzene rings is 4. The van der Waals surface area contributed by atoms with E-state index in [-0.39, 0.29) is 24.7 Å². The van der Waals surface area contributed by atoms with Crippen molar-refractivity contribution >= 4 is 40.8 Å². The number of ketones is 1. The van der Waals surface area contributed by atoms with Crippen molar-refractivity contribution < 1.29 is 61.8 Å². The largest absolute Gasteiger partial charge is 0.507 e. The zero-order valence-corrected chi connectivity index (χ0v) is 34.4. The molecule has 1 aromatic heterocycles. The zero-order chi connectivity index (χ0) is 43.1. The molecule has 0 aliphatic rings. The average molecular weight is 856 g/mol. The van der Waals surface area contributed by atoms with Crippen molar-refractivity contribution in [1.29, 1.82) is 0 Å². The van der Waals surface area contributed by atoms with Gasteiger partial charge >= 0.3 is 18.1 Å². The maximum atomic E-state index is 12.7. The Hall–Kier alpha value is -5.74. The number of rotatable bonds is 19. The fourth-order valence-corrected chi connectivity index (χ4v) is 7.59. The predicted molar refractivity (Wildman–Crippen MR) is 218 cm³/mol. The minimum atomic E-state index is -4.36. The van der Waals surface area contributed by atoms with Crippen LogP contribution in [0.2, 0.25) is 0 Å². The van der Waals surface area contributed by atoms with Gasteiger partial charge in [-0.3, -0.25) is 4.79 Å². The molecule has 0 unspecified atom stereocenters. The second-order valence-corrected chi connectivity index (χ2v) is 15.1. The number of phenols is 1. The van der Waals surface area contributed by atoms with Crippen molar-refractivity contribution in [2.75, 3.05) is 26.4 Å². The lowest BCUT2D eigenvalue weighted by atomic mass is 10.0. The molecule has 5 aromatic rings. The van der Waals surface area contributed by atoms with Gasteiger partial charge in [0, 0.05) is 33.1 Å². The number of carbonyl (C=O) groups excluding carboxylic acids is 1. The molecule has 0 aliphatic heterocycles. The number of ether oxygens (including phenoxy) is 4. The predicted octanol–water partition coefficient (Wildman–Crippen LogP) is 10.1. The van der Waals surface area contributed by atoms with E-state index in [1.54, 1.807) is 54.2 Å². The first-order valence-electron chi connectivity index (χ1n) is 18.3. The molecule has 0 fully saturated rings. The number of aryl methyl sites for hydroxylation is 2. The van der Waals surface area contributed by atoms with Crippen LogP contribution in [0.15, 0.2) is 83.8 Å². The molecule has 0 radical (unpaired) electrons. The van der Waals surface area contributed by atoms with Crippen LogP contribution in [0, 0.1) is 13.8 Å². The number of hydrogen-bond donors (Lipinski definition) is 3. The number of alkyl halides is 3. The number of carboxylic acids is 2. The molecular formula is C43H44F3NO10S2. The highest BCUT2D eigenvalue weighted by molar-refractivity contribution is 7.98. The van der Waals surface area contributed by atoms with E-state index < -0.39 is 23.7 Å². The van der Waals surface area contributed by atoms with Gasteiger partial charge in [-0.25, -0.2) is 14.6 Å². The molecule has 0 saturated heterocycles. The number of Topliss-reactive ketones (excluding diaryl/α,β-unsaturated/α-hetero) is 1. The number of halogens is 3. The fraction of sp³-hybridized carbons (Fsp3) is 0.302. The van der Waals surface area contributed by atoms with Crippen LogP contribution in [-0.4, -0.2) is 64.5 Å². The van der Waals surface area contributed by atoms with E-state index in [2.05, 4.69) is 4.98 Å². The Morgan fingerprint density at radius 3 is 2.00 bits per heavy atom. The van der Waals surface area contributed by atoms with Gasteiger partial charge < -0.3 is 34.3 Å². The summed E-state index contributed by atoms with van der Waals surface area (Å²) in [6, 6.07) is 20.5. The van der Waals surface area contributed by atoms with Crippen LogP contribution in [0.25, 0.3) is 10.6 Å². The van der Waals surface area contributed by atoms with Crippen LogP contribution < -0.4 is 18.9 Å². The molecule has 5 rings (SSSR count). The Morgan fingerprint density at radius 1 is 0.797 bits per heavy atom. The molecule has 4 aromatic carbocycles. The normalized spacial score (nSPS) is 11.0. The third kappa shape index (κ3) is 14.2. The Kier molecular flexibility index (Phi) is 17.0. The Bertz CT molecular complexity index is 2190. The summed E-state index contributed by atoms with van der Waals surface area (Å²) in [7, 11) is 0. The molecule has 16 heteroatoms. The number of aromatic hydroxyl groups is 1. The number of nitrogens with zero attached hydrogens (tertiary/aromatic N) is 1. The first-order valence-corrected chi connectivity index (χ1v) is 20.1. The topological polar surface area (TPSA) is 162 Å². The zero-order valence-electron chi connectivity index (χ0n) is 32.8. The van der Waals surface area contributed by atoms with Gasteiger partial charge in [-0.2, -0.15) is 13.2 Å². The van der Waals surface area contributed by atoms with Crippen molar-refractivity contribution in [3.05, 3.63) is 112 Å². The lowest BCUT2D eigenvalue weighted by molar-refractivity contribution is -0.140. The van der Waals surface area contributed by atoms with Crippen LogP contribution in [0.3, 0.4) is 0 Å². The van der Waals surface area contributed by atoms with Crippen molar-refractivity contribution in [2.24, 2.45) is 0 Å². The molecule has 11 nitrogen and oxygen atoms in total. The number of phenolic OH excluding ortho intramolecular Hbond substituents is 1. The van der Waals surface area contributed by atoms with Crippen molar-refractivity contribution in [2.45, 2.75) is 63.8 Å². The van der Waals surface area contributed by atoms with E-state index in [0.717, 1.165) is 39.6 Å². The Labute approximate surface area is 347 Å². The number of carbonyl (C=O) groups is 3. The number of aliphatic carboxylic acids is 2. The monoisotopic (exact) mass is 855 g/mol. The number of thiazole rings is 1. The maximum absolute atomic E-state index is 12.7. The molecule has 0 aliphatic carbocycles. The van der Waals surface area contributed by atoms with Gasteiger partial charge in [0.05, 0.1) is 30.0 Å². The number of hydrogen-bond acceptors (Lipinski definition) is 11. The van der Waals surface area contributed by atoms with Crippen LogP contribution in [0.1, 0.15) is 64.3 Å². The molecule has 314 valence electrons. The molecular weight excluding hydrogens is 812 g/mol. The van der Waals surface area contributed by atoms with E-state index >= 15 is 0 Å². The summed E-state index contributed by atoms with van der Waals surface area (Å²) in [5.41, 5.74) is 2.62. The summed E-state index contributed by atoms with van der Waals surface area (Å²) in [5.74, 6) is 0.628. The smallest absolute Gasteiger partial charge is 0.416 e. The first-order chi connectivity index (χ1) is 28.0. The molecule has 0 saturated carbocycles. The van der Waals surface area contributed by atoms with E-state index in [1.807, 2.05) is 32.9 Å². The summed E-state index contributed by atoms with van der Waals surface area (Å²) < 4.78 is 59.9. The second kappa shape index (κ2) is 21.9. The molecule has 59 heavy (non-hydrogen) atoms. The van der Waals surface area contributed by atoms with Gasteiger partial charge in [0.15, 0.2) is 19.0 Å². The summed E-state index contributed by atoms with van der Waals surface area (Å²) in [5, 5.41) is 28.3. The Balaban J connectivity index is 0.000000261. The lowest BCUT2D eigenvalue weighted by Gasteiger charge is -2.15. The van der Waals surface area contributed by atoms with Gasteiger partial charge in [0.25, 0.3) is 0 Å². The van der Waals surface area contributed by atoms with Crippen LogP contribution in [0.5, 0.6) is 28.7 Å². The van der Waals surface area contributed by atoms with Gasteiger partial charge in [-0.05, 0) is 99.5 Å². The summed E-state index contributed by atoms with van der Waals surface area (Å²) in [6.07, 6.45) is -2.29. The second-order valence-electron chi connectivity index (χ2n) is 13.0. The van der Waals surface area contributed by atoms with Crippen molar-refractivity contribution in [3.63, 3.8) is 0 Å². The highest BCUT2D eigenvalue weighted by Crippen LogP contribution is 2.36. The van der Waals surface area contributed by atoms with Gasteiger partial charge in [-0.1, -0.05) is 25.5 Å². The highest BCUT2D eigenvalue weighted by atomic mass is 32.2. The van der Waals surface area contributed by atoms with Crippen molar-refractivity contribution in [1.82, 2.24) is 4.98 Å². The molecule has 0 bridgehead atoms. The first kappa shape index (κ1) is 46.0. The number of carboxylic acid groups (broad SMARTS) is 2.